The van der Waals surface area contributed by atoms with E-state index in [-0.39, 0.29) is 0 Å². The number of methoxy groups -OCH3 is 1. The first-order valence-corrected chi connectivity index (χ1v) is 10.1. The Hall–Kier alpha value is -1.59. The van der Waals surface area contributed by atoms with Crippen LogP contribution in [-0.4, -0.2) is 68.6 Å². The van der Waals surface area contributed by atoms with E-state index in [0.717, 1.165) is 63.8 Å². The first kappa shape index (κ1) is 19.2. The molecular weight excluding hydrogens is 326 g/mol. The molecule has 2 fully saturated rings. The van der Waals surface area contributed by atoms with Crippen molar-refractivity contribution in [1.82, 2.24) is 15.1 Å². The summed E-state index contributed by atoms with van der Waals surface area (Å²) in [6, 6.07) is 8.03. The van der Waals surface area contributed by atoms with Crippen LogP contribution in [0.4, 0.5) is 0 Å². The second kappa shape index (κ2) is 9.93. The summed E-state index contributed by atoms with van der Waals surface area (Å²) in [5.74, 6) is 1.99. The maximum absolute atomic E-state index is 12.6. The van der Waals surface area contributed by atoms with Crippen LogP contribution in [0.3, 0.4) is 0 Å². The lowest BCUT2D eigenvalue weighted by molar-refractivity contribution is -0.131. The van der Waals surface area contributed by atoms with Crippen LogP contribution in [-0.2, 0) is 11.2 Å². The first-order valence-electron chi connectivity index (χ1n) is 10.1. The number of hydrogen-bond acceptors (Lipinski definition) is 4. The highest BCUT2D eigenvalue weighted by molar-refractivity contribution is 5.76. The van der Waals surface area contributed by atoms with E-state index in [2.05, 4.69) is 27.2 Å². The molecule has 1 N–H and O–H groups in total. The van der Waals surface area contributed by atoms with Crippen molar-refractivity contribution in [3.63, 3.8) is 0 Å². The third-order valence-electron chi connectivity index (χ3n) is 5.70. The summed E-state index contributed by atoms with van der Waals surface area (Å²) in [5, 5.41) is 3.44. The number of benzene rings is 1. The molecular formula is C21H33N3O2. The lowest BCUT2D eigenvalue weighted by Gasteiger charge is -2.29. The second-order valence-electron chi connectivity index (χ2n) is 7.58. The normalized spacial score (nSPS) is 20.0. The third-order valence-corrected chi connectivity index (χ3v) is 5.70. The molecule has 144 valence electrons. The molecule has 26 heavy (non-hydrogen) atoms. The third kappa shape index (κ3) is 5.71. The Morgan fingerprint density at radius 1 is 1.12 bits per heavy atom. The number of nitrogens with zero attached hydrogens (tertiary/aromatic N) is 2. The highest BCUT2D eigenvalue weighted by Gasteiger charge is 2.22. The van der Waals surface area contributed by atoms with Gasteiger partial charge < -0.3 is 19.9 Å². The number of hydrogen-bond donors (Lipinski definition) is 1. The van der Waals surface area contributed by atoms with Gasteiger partial charge in [0.15, 0.2) is 0 Å². The topological polar surface area (TPSA) is 44.8 Å². The Kier molecular flexibility index (Phi) is 7.32. The van der Waals surface area contributed by atoms with Crippen molar-refractivity contribution < 1.29 is 9.53 Å². The van der Waals surface area contributed by atoms with Gasteiger partial charge in [0.25, 0.3) is 0 Å². The highest BCUT2D eigenvalue weighted by atomic mass is 16.5. The summed E-state index contributed by atoms with van der Waals surface area (Å²) < 4.78 is 5.18. The van der Waals surface area contributed by atoms with Crippen molar-refractivity contribution in [3.8, 4) is 5.75 Å². The maximum Gasteiger partial charge on any atom is 0.222 e. The number of ether oxygens (including phenoxy) is 1. The van der Waals surface area contributed by atoms with Gasteiger partial charge in [-0.05, 0) is 68.9 Å². The lowest BCUT2D eigenvalue weighted by atomic mass is 9.97. The fourth-order valence-corrected chi connectivity index (χ4v) is 4.03. The van der Waals surface area contributed by atoms with Gasteiger partial charge in [-0.3, -0.25) is 4.79 Å². The Labute approximate surface area is 157 Å². The molecule has 2 aliphatic rings. The zero-order valence-electron chi connectivity index (χ0n) is 16.1. The molecule has 0 aromatic heterocycles. The van der Waals surface area contributed by atoms with E-state index in [9.17, 15) is 4.79 Å². The number of piperidine rings is 1. The standard InChI is InChI=1S/C21H33N3O2/c1-26-20-6-3-18(4-7-20)5-8-21(25)24-14-2-13-23(15-16-24)17-19-9-11-22-12-10-19/h3-4,6-7,19,22H,2,5,8-17H2,1H3. The molecule has 0 radical (unpaired) electrons. The number of aryl methyl sites for hydroxylation is 1. The Morgan fingerprint density at radius 2 is 1.88 bits per heavy atom. The highest BCUT2D eigenvalue weighted by Crippen LogP contribution is 2.16. The largest absolute Gasteiger partial charge is 0.497 e. The minimum absolute atomic E-state index is 0.296. The molecule has 2 saturated heterocycles. The molecule has 0 bridgehead atoms. The molecule has 0 saturated carbocycles. The molecule has 5 heteroatoms. The Balaban J connectivity index is 1.41. The van der Waals surface area contributed by atoms with Crippen molar-refractivity contribution in [2.24, 2.45) is 5.92 Å². The zero-order valence-corrected chi connectivity index (χ0v) is 16.1. The van der Waals surface area contributed by atoms with Crippen LogP contribution in [0, 0.1) is 5.92 Å². The minimum atomic E-state index is 0.296. The molecule has 0 unspecified atom stereocenters. The molecule has 0 aliphatic carbocycles. The van der Waals surface area contributed by atoms with E-state index in [1.165, 1.54) is 24.9 Å². The van der Waals surface area contributed by atoms with Crippen molar-refractivity contribution in [2.45, 2.75) is 32.1 Å². The Bertz CT molecular complexity index is 555. The van der Waals surface area contributed by atoms with E-state index in [4.69, 9.17) is 4.74 Å². The number of rotatable bonds is 6. The van der Waals surface area contributed by atoms with Crippen LogP contribution < -0.4 is 10.1 Å². The van der Waals surface area contributed by atoms with Crippen LogP contribution in [0.15, 0.2) is 24.3 Å². The van der Waals surface area contributed by atoms with E-state index >= 15 is 0 Å². The lowest BCUT2D eigenvalue weighted by Crippen LogP contribution is -2.39. The van der Waals surface area contributed by atoms with Gasteiger partial charge >= 0.3 is 0 Å². The van der Waals surface area contributed by atoms with Crippen LogP contribution in [0.1, 0.15) is 31.2 Å². The average molecular weight is 360 g/mol. The predicted octanol–water partition coefficient (Wildman–Crippen LogP) is 2.16. The van der Waals surface area contributed by atoms with Crippen molar-refractivity contribution in [3.05, 3.63) is 29.8 Å². The average Bonchev–Trinajstić information content (AvgIpc) is 2.93. The smallest absolute Gasteiger partial charge is 0.222 e. The van der Waals surface area contributed by atoms with Crippen LogP contribution in [0.5, 0.6) is 5.75 Å². The number of carbonyl (C=O) groups excluding carboxylic acids is 1. The molecule has 2 aliphatic heterocycles. The summed E-state index contributed by atoms with van der Waals surface area (Å²) in [6.45, 7) is 7.47. The molecule has 5 nitrogen and oxygen atoms in total. The van der Waals surface area contributed by atoms with Gasteiger partial charge in [0.1, 0.15) is 5.75 Å². The Morgan fingerprint density at radius 3 is 2.62 bits per heavy atom. The van der Waals surface area contributed by atoms with E-state index in [1.54, 1.807) is 7.11 Å². The van der Waals surface area contributed by atoms with E-state index < -0.39 is 0 Å². The molecule has 0 spiro atoms. The van der Waals surface area contributed by atoms with Gasteiger partial charge in [-0.15, -0.1) is 0 Å². The van der Waals surface area contributed by atoms with Crippen molar-refractivity contribution in [2.75, 3.05) is 52.9 Å². The van der Waals surface area contributed by atoms with Crippen molar-refractivity contribution in [1.29, 1.82) is 0 Å². The van der Waals surface area contributed by atoms with E-state index in [0.29, 0.717) is 12.3 Å². The van der Waals surface area contributed by atoms with Gasteiger partial charge in [0, 0.05) is 32.6 Å². The number of carbonyl (C=O) groups is 1. The molecule has 1 aromatic rings. The SMILES string of the molecule is COc1ccc(CCC(=O)N2CCCN(CC3CCNCC3)CC2)cc1. The number of nitrogens with one attached hydrogen (secondary N) is 1. The fourth-order valence-electron chi connectivity index (χ4n) is 4.03. The predicted molar refractivity (Wildman–Crippen MR) is 105 cm³/mol. The molecule has 0 atom stereocenters. The molecule has 1 aromatic carbocycles. The van der Waals surface area contributed by atoms with Crippen LogP contribution in [0.25, 0.3) is 0 Å². The summed E-state index contributed by atoms with van der Waals surface area (Å²) in [7, 11) is 1.67. The summed E-state index contributed by atoms with van der Waals surface area (Å²) >= 11 is 0. The van der Waals surface area contributed by atoms with Gasteiger partial charge in [-0.2, -0.15) is 0 Å². The molecule has 1 amide bonds. The van der Waals surface area contributed by atoms with Gasteiger partial charge in [-0.25, -0.2) is 0 Å². The fraction of sp³-hybridized carbons (Fsp3) is 0.667. The zero-order chi connectivity index (χ0) is 18.2. The van der Waals surface area contributed by atoms with Gasteiger partial charge in [-0.1, -0.05) is 12.1 Å². The summed E-state index contributed by atoms with van der Waals surface area (Å²) in [4.78, 5) is 17.3. The summed E-state index contributed by atoms with van der Waals surface area (Å²) in [5.41, 5.74) is 1.20. The summed E-state index contributed by atoms with van der Waals surface area (Å²) in [6.07, 6.45) is 5.08. The van der Waals surface area contributed by atoms with E-state index in [1.807, 2.05) is 12.1 Å². The van der Waals surface area contributed by atoms with Gasteiger partial charge in [0.05, 0.1) is 7.11 Å². The maximum atomic E-state index is 12.6. The first-order chi connectivity index (χ1) is 12.7. The van der Waals surface area contributed by atoms with Gasteiger partial charge in [0.2, 0.25) is 5.91 Å². The monoisotopic (exact) mass is 359 g/mol. The quantitative estimate of drug-likeness (QED) is 0.845. The van der Waals surface area contributed by atoms with Crippen LogP contribution in [0.2, 0.25) is 0 Å². The van der Waals surface area contributed by atoms with Crippen molar-refractivity contribution >= 4 is 5.91 Å². The second-order valence-corrected chi connectivity index (χ2v) is 7.58. The van der Waals surface area contributed by atoms with Crippen LogP contribution >= 0.6 is 0 Å². The molecule has 3 rings (SSSR count). The molecule has 2 heterocycles. The minimum Gasteiger partial charge on any atom is -0.497 e. The number of amides is 1.